The lowest BCUT2D eigenvalue weighted by Gasteiger charge is -2.16. The van der Waals surface area contributed by atoms with Crippen molar-refractivity contribution >= 4 is 22.9 Å². The molecule has 17 heavy (non-hydrogen) atoms. The molecule has 3 nitrogen and oxygen atoms in total. The van der Waals surface area contributed by atoms with E-state index < -0.39 is 0 Å². The maximum absolute atomic E-state index is 11.7. The SMILES string of the molecule is O=C(CNc1ccsc1)NC1CCCCCC1. The average molecular weight is 252 g/mol. The molecule has 0 atom stereocenters. The topological polar surface area (TPSA) is 41.1 Å². The Morgan fingerprint density at radius 2 is 2.06 bits per heavy atom. The molecule has 1 aromatic rings. The largest absolute Gasteiger partial charge is 0.375 e. The second kappa shape index (κ2) is 6.64. The highest BCUT2D eigenvalue weighted by molar-refractivity contribution is 7.08. The molecule has 0 aliphatic heterocycles. The van der Waals surface area contributed by atoms with Gasteiger partial charge in [0, 0.05) is 17.1 Å². The van der Waals surface area contributed by atoms with E-state index in [4.69, 9.17) is 0 Å². The molecule has 4 heteroatoms. The summed E-state index contributed by atoms with van der Waals surface area (Å²) in [7, 11) is 0. The van der Waals surface area contributed by atoms with Gasteiger partial charge in [-0.3, -0.25) is 4.79 Å². The van der Waals surface area contributed by atoms with Crippen molar-refractivity contribution in [1.82, 2.24) is 5.32 Å². The monoisotopic (exact) mass is 252 g/mol. The van der Waals surface area contributed by atoms with E-state index in [0.29, 0.717) is 12.6 Å². The summed E-state index contributed by atoms with van der Waals surface area (Å²) in [6.45, 7) is 0.382. The number of amides is 1. The molecule has 0 spiro atoms. The summed E-state index contributed by atoms with van der Waals surface area (Å²) >= 11 is 1.64. The highest BCUT2D eigenvalue weighted by Crippen LogP contribution is 2.17. The van der Waals surface area contributed by atoms with E-state index in [-0.39, 0.29) is 5.91 Å². The molecule has 0 saturated heterocycles. The van der Waals surface area contributed by atoms with Gasteiger partial charge in [0.25, 0.3) is 0 Å². The molecule has 2 rings (SSSR count). The molecule has 0 unspecified atom stereocenters. The molecule has 1 amide bonds. The van der Waals surface area contributed by atoms with Gasteiger partial charge in [0.1, 0.15) is 0 Å². The van der Waals surface area contributed by atoms with Gasteiger partial charge in [-0.15, -0.1) is 0 Å². The molecule has 0 radical (unpaired) electrons. The fourth-order valence-corrected chi connectivity index (χ4v) is 2.86. The Labute approximate surface area is 107 Å². The van der Waals surface area contributed by atoms with Crippen molar-refractivity contribution in [2.24, 2.45) is 0 Å². The lowest BCUT2D eigenvalue weighted by molar-refractivity contribution is -0.120. The normalized spacial score (nSPS) is 17.4. The van der Waals surface area contributed by atoms with Crippen LogP contribution in [0.25, 0.3) is 0 Å². The first-order valence-corrected chi connectivity index (χ1v) is 7.34. The van der Waals surface area contributed by atoms with Gasteiger partial charge in [-0.05, 0) is 24.3 Å². The summed E-state index contributed by atoms with van der Waals surface area (Å²) in [5, 5.41) is 10.3. The van der Waals surface area contributed by atoms with Crippen LogP contribution in [0, 0.1) is 0 Å². The minimum atomic E-state index is 0.114. The fourth-order valence-electron chi connectivity index (χ4n) is 2.25. The average Bonchev–Trinajstić information content (AvgIpc) is 2.72. The number of carbonyl (C=O) groups is 1. The number of hydrogen-bond acceptors (Lipinski definition) is 3. The fraction of sp³-hybridized carbons (Fsp3) is 0.615. The number of carbonyl (C=O) groups excluding carboxylic acids is 1. The third-order valence-electron chi connectivity index (χ3n) is 3.19. The molecule has 1 aromatic heterocycles. The van der Waals surface area contributed by atoms with E-state index in [1.807, 2.05) is 16.8 Å². The molecule has 1 heterocycles. The lowest BCUT2D eigenvalue weighted by atomic mass is 10.1. The third-order valence-corrected chi connectivity index (χ3v) is 3.88. The molecule has 0 aromatic carbocycles. The quantitative estimate of drug-likeness (QED) is 0.809. The van der Waals surface area contributed by atoms with Gasteiger partial charge >= 0.3 is 0 Å². The Bertz CT molecular complexity index is 329. The van der Waals surface area contributed by atoms with E-state index in [0.717, 1.165) is 18.5 Å². The first-order chi connectivity index (χ1) is 8.34. The summed E-state index contributed by atoms with van der Waals surface area (Å²) in [4.78, 5) is 11.7. The molecular weight excluding hydrogens is 232 g/mol. The van der Waals surface area contributed by atoms with Gasteiger partial charge in [0.2, 0.25) is 5.91 Å². The molecular formula is C13H20N2OS. The van der Waals surface area contributed by atoms with Crippen LogP contribution in [0.1, 0.15) is 38.5 Å². The van der Waals surface area contributed by atoms with Gasteiger partial charge in [0.15, 0.2) is 0 Å². The third kappa shape index (κ3) is 4.38. The standard InChI is InChI=1S/C13H20N2OS/c16-13(9-14-12-7-8-17-10-12)15-11-5-3-1-2-4-6-11/h7-8,10-11,14H,1-6,9H2,(H,15,16). The summed E-state index contributed by atoms with van der Waals surface area (Å²) in [5.74, 6) is 0.114. The number of anilines is 1. The van der Waals surface area contributed by atoms with E-state index in [9.17, 15) is 4.79 Å². The summed E-state index contributed by atoms with van der Waals surface area (Å²) in [6, 6.07) is 2.39. The van der Waals surface area contributed by atoms with Crippen LogP contribution in [0.5, 0.6) is 0 Å². The van der Waals surface area contributed by atoms with Crippen LogP contribution in [0.15, 0.2) is 16.8 Å². The van der Waals surface area contributed by atoms with E-state index in [1.165, 1.54) is 25.7 Å². The van der Waals surface area contributed by atoms with Crippen LogP contribution in [-0.2, 0) is 4.79 Å². The van der Waals surface area contributed by atoms with Crippen molar-refractivity contribution in [3.8, 4) is 0 Å². The number of hydrogen-bond donors (Lipinski definition) is 2. The predicted molar refractivity (Wildman–Crippen MR) is 72.4 cm³/mol. The number of thiophene rings is 1. The Kier molecular flexibility index (Phi) is 4.86. The number of nitrogens with one attached hydrogen (secondary N) is 2. The van der Waals surface area contributed by atoms with Crippen LogP contribution in [-0.4, -0.2) is 18.5 Å². The van der Waals surface area contributed by atoms with Crippen LogP contribution < -0.4 is 10.6 Å². The van der Waals surface area contributed by atoms with Crippen molar-refractivity contribution in [1.29, 1.82) is 0 Å². The highest BCUT2D eigenvalue weighted by Gasteiger charge is 2.14. The van der Waals surface area contributed by atoms with Crippen molar-refractivity contribution in [2.45, 2.75) is 44.6 Å². The van der Waals surface area contributed by atoms with Gasteiger partial charge in [-0.1, -0.05) is 25.7 Å². The van der Waals surface area contributed by atoms with Gasteiger partial charge in [0.05, 0.1) is 6.54 Å². The minimum Gasteiger partial charge on any atom is -0.375 e. The first kappa shape index (κ1) is 12.4. The van der Waals surface area contributed by atoms with Crippen LogP contribution in [0.4, 0.5) is 5.69 Å². The Morgan fingerprint density at radius 3 is 2.71 bits per heavy atom. The number of rotatable bonds is 4. The van der Waals surface area contributed by atoms with Gasteiger partial charge < -0.3 is 10.6 Å². The van der Waals surface area contributed by atoms with Crippen molar-refractivity contribution < 1.29 is 4.79 Å². The van der Waals surface area contributed by atoms with E-state index in [2.05, 4.69) is 10.6 Å². The highest BCUT2D eigenvalue weighted by atomic mass is 32.1. The molecule has 94 valence electrons. The molecule has 2 N–H and O–H groups in total. The molecule has 0 bridgehead atoms. The zero-order valence-corrected chi connectivity index (χ0v) is 10.9. The van der Waals surface area contributed by atoms with Crippen LogP contribution in [0.3, 0.4) is 0 Å². The molecule has 1 aliphatic carbocycles. The maximum atomic E-state index is 11.7. The van der Waals surface area contributed by atoms with Crippen molar-refractivity contribution in [3.63, 3.8) is 0 Å². The zero-order valence-electron chi connectivity index (χ0n) is 10.1. The maximum Gasteiger partial charge on any atom is 0.239 e. The second-order valence-electron chi connectivity index (χ2n) is 4.62. The molecule has 1 fully saturated rings. The van der Waals surface area contributed by atoms with Crippen molar-refractivity contribution in [3.05, 3.63) is 16.8 Å². The lowest BCUT2D eigenvalue weighted by Crippen LogP contribution is -2.38. The summed E-state index contributed by atoms with van der Waals surface area (Å²) < 4.78 is 0. The van der Waals surface area contributed by atoms with Crippen LogP contribution in [0.2, 0.25) is 0 Å². The zero-order chi connectivity index (χ0) is 11.9. The Morgan fingerprint density at radius 1 is 1.29 bits per heavy atom. The van der Waals surface area contributed by atoms with Crippen LogP contribution >= 0.6 is 11.3 Å². The smallest absolute Gasteiger partial charge is 0.239 e. The second-order valence-corrected chi connectivity index (χ2v) is 5.40. The first-order valence-electron chi connectivity index (χ1n) is 6.40. The van der Waals surface area contributed by atoms with Crippen molar-refractivity contribution in [2.75, 3.05) is 11.9 Å². The van der Waals surface area contributed by atoms with E-state index in [1.54, 1.807) is 11.3 Å². The van der Waals surface area contributed by atoms with Gasteiger partial charge in [-0.25, -0.2) is 0 Å². The molecule has 1 saturated carbocycles. The molecule has 1 aliphatic rings. The van der Waals surface area contributed by atoms with E-state index >= 15 is 0 Å². The Balaban J connectivity index is 1.69. The Hall–Kier alpha value is -1.03. The van der Waals surface area contributed by atoms with Gasteiger partial charge in [-0.2, -0.15) is 11.3 Å². The summed E-state index contributed by atoms with van der Waals surface area (Å²) in [6.07, 6.45) is 7.43. The predicted octanol–water partition coefficient (Wildman–Crippen LogP) is 3.00. The minimum absolute atomic E-state index is 0.114. The summed E-state index contributed by atoms with van der Waals surface area (Å²) in [5.41, 5.74) is 1.03.